The lowest BCUT2D eigenvalue weighted by molar-refractivity contribution is -0.136. The van der Waals surface area contributed by atoms with Gasteiger partial charge in [0.05, 0.1) is 19.3 Å². The lowest BCUT2D eigenvalue weighted by atomic mass is 10.0. The van der Waals surface area contributed by atoms with Crippen molar-refractivity contribution in [3.63, 3.8) is 0 Å². The minimum absolute atomic E-state index is 0. The fourth-order valence-electron chi connectivity index (χ4n) is 9.65. The number of aromatic amines is 1. The van der Waals surface area contributed by atoms with Crippen molar-refractivity contribution < 1.29 is 58.5 Å². The van der Waals surface area contributed by atoms with Gasteiger partial charge in [0.15, 0.2) is 0 Å². The average Bonchev–Trinajstić information content (AvgIpc) is 3.89. The zero-order valence-corrected chi connectivity index (χ0v) is 50.0. The van der Waals surface area contributed by atoms with Gasteiger partial charge in [-0.3, -0.25) is 53.0 Å². The van der Waals surface area contributed by atoms with Gasteiger partial charge in [0.25, 0.3) is 0 Å². The van der Waals surface area contributed by atoms with Gasteiger partial charge in [-0.15, -0.1) is 12.4 Å². The van der Waals surface area contributed by atoms with Crippen LogP contribution in [0, 0.1) is 0 Å². The second-order valence-corrected chi connectivity index (χ2v) is 23.4. The molecule has 2 saturated heterocycles. The van der Waals surface area contributed by atoms with Gasteiger partial charge >= 0.3 is 0 Å². The van der Waals surface area contributed by atoms with E-state index in [2.05, 4.69) is 52.4 Å². The number of aromatic hydroxyl groups is 1. The van der Waals surface area contributed by atoms with E-state index in [-0.39, 0.29) is 81.5 Å². The Morgan fingerprint density at radius 3 is 1.98 bits per heavy atom. The summed E-state index contributed by atoms with van der Waals surface area (Å²) in [4.78, 5) is 136. The van der Waals surface area contributed by atoms with E-state index in [1.165, 1.54) is 19.1 Å². The molecule has 0 saturated carbocycles. The van der Waals surface area contributed by atoms with Gasteiger partial charge in [0, 0.05) is 80.6 Å². The van der Waals surface area contributed by atoms with Crippen molar-refractivity contribution in [3.05, 3.63) is 102 Å². The summed E-state index contributed by atoms with van der Waals surface area (Å²) in [6.45, 7) is 5.90. The number of aliphatic hydroxyl groups is 2. The SMILES string of the molecule is CC[C@@H]1NC(=O)[C@H](CCCCN)NC(=O)[C@@H](Cc2c[nH]c3ccccc23)NC(=O)[C@H](Cc2ccc(O)cc2)NC(=O)[C@@H](NC(=O)[C@@H](Cc2ccccc2)NC(=O)CN2CCN(CCO)CC2)CSSC[C@@H](C(=O)N[C@H](C(N)=O)[C@@H](C)O)NC1=O.Cl. The second kappa shape index (κ2) is 34.8. The molecule has 0 unspecified atom stereocenters. The normalized spacial score (nSPS) is 21.9. The standard InChI is InChI=1S/C57H79N13O12S2.ClH/c1-3-40-51(76)66-47(57(82)68-49(34(2)72)50(59)75)33-84-83-32-46(67-53(78)43(27-35-11-5-4-6-12-35)61-48(74)31-70-23-21-69(22-24-70)25-26-71)56(81)64-44(28-36-16-18-38(73)19-17-36)54(79)65-45(29-37-30-60-41-14-8-7-13-39(37)41)55(80)63-42(52(77)62-40)15-9-10-20-58;/h4-8,11-14,16-19,30,34,40,42-47,49,60,71-73H,3,9-10,15,20-29,31-33,58H2,1-2H3,(H2,59,75)(H,61,74)(H,62,77)(H,63,80)(H,64,81)(H,65,79)(H,66,76)(H,67,78)(H,68,82);1H/t34-,40+,42+,43-,44+,45-,46+,47+,49+;/m1./s1. The summed E-state index contributed by atoms with van der Waals surface area (Å²) in [6, 6.07) is 10.9. The Labute approximate surface area is 507 Å². The first-order valence-electron chi connectivity index (χ1n) is 28.1. The molecule has 85 heavy (non-hydrogen) atoms. The zero-order valence-electron chi connectivity index (χ0n) is 47.6. The molecule has 0 spiro atoms. The Kier molecular flexibility index (Phi) is 28.2. The Balaban J connectivity index is 0.0000132. The number of H-pyrrole nitrogens is 1. The van der Waals surface area contributed by atoms with Gasteiger partial charge in [0.1, 0.15) is 54.1 Å². The van der Waals surface area contributed by atoms with E-state index in [0.717, 1.165) is 32.5 Å². The fourth-order valence-corrected chi connectivity index (χ4v) is 12.0. The number of carbonyl (C=O) groups is 9. The number of amides is 9. The predicted molar refractivity (Wildman–Crippen MR) is 326 cm³/mol. The topological polar surface area (TPSA) is 385 Å². The Morgan fingerprint density at radius 2 is 1.32 bits per heavy atom. The number of phenols is 1. The summed E-state index contributed by atoms with van der Waals surface area (Å²) in [5.74, 6) is -7.90. The van der Waals surface area contributed by atoms with Gasteiger partial charge in [-0.05, 0) is 74.0 Å². The molecule has 1 aromatic heterocycles. The maximum absolute atomic E-state index is 15.0. The van der Waals surface area contributed by atoms with Crippen molar-refractivity contribution in [2.24, 2.45) is 11.5 Å². The van der Waals surface area contributed by atoms with Crippen LogP contribution in [-0.4, -0.2) is 202 Å². The molecule has 464 valence electrons. The number of hydrogen-bond donors (Lipinski definition) is 14. The maximum atomic E-state index is 15.0. The van der Waals surface area contributed by atoms with Crippen molar-refractivity contribution >= 4 is 98.1 Å². The first-order valence-corrected chi connectivity index (χ1v) is 30.6. The molecule has 2 fully saturated rings. The highest BCUT2D eigenvalue weighted by atomic mass is 35.5. The number of hydrogen-bond acceptors (Lipinski definition) is 17. The first kappa shape index (κ1) is 68.8. The molecular formula is C57H80ClN13O12S2. The molecule has 28 heteroatoms. The highest BCUT2D eigenvalue weighted by molar-refractivity contribution is 8.76. The van der Waals surface area contributed by atoms with Gasteiger partial charge in [-0.25, -0.2) is 0 Å². The number of phenolic OH excluding ortho intramolecular Hbond substituents is 1. The minimum atomic E-state index is -1.58. The Hall–Kier alpha value is -6.98. The number of nitrogens with zero attached hydrogens (tertiary/aromatic N) is 2. The van der Waals surface area contributed by atoms with Crippen LogP contribution in [0.1, 0.15) is 56.2 Å². The van der Waals surface area contributed by atoms with E-state index in [1.54, 1.807) is 55.6 Å². The van der Waals surface area contributed by atoms with Crippen molar-refractivity contribution in [2.75, 3.05) is 63.9 Å². The summed E-state index contributed by atoms with van der Waals surface area (Å²) in [5, 5.41) is 52.6. The summed E-state index contributed by atoms with van der Waals surface area (Å²) < 4.78 is 0. The first-order chi connectivity index (χ1) is 40.3. The van der Waals surface area contributed by atoms with Crippen molar-refractivity contribution in [1.29, 1.82) is 0 Å². The van der Waals surface area contributed by atoms with Gasteiger partial charge in [-0.1, -0.05) is 89.2 Å². The molecular weight excluding hydrogens is 1160 g/mol. The van der Waals surface area contributed by atoms with Crippen LogP contribution in [0.25, 0.3) is 10.9 Å². The Bertz CT molecular complexity index is 2870. The van der Waals surface area contributed by atoms with E-state index in [4.69, 9.17) is 11.5 Å². The molecule has 25 nitrogen and oxygen atoms in total. The number of nitrogens with two attached hydrogens (primary N) is 2. The predicted octanol–water partition coefficient (Wildman–Crippen LogP) is -1.39. The van der Waals surface area contributed by atoms with Crippen LogP contribution >= 0.6 is 34.0 Å². The lowest BCUT2D eigenvalue weighted by Crippen LogP contribution is -2.61. The lowest BCUT2D eigenvalue weighted by Gasteiger charge is -2.34. The second-order valence-electron chi connectivity index (χ2n) is 20.8. The third-order valence-electron chi connectivity index (χ3n) is 14.5. The number of benzene rings is 3. The quantitative estimate of drug-likeness (QED) is 0.0318. The molecule has 3 aromatic carbocycles. The number of aromatic nitrogens is 1. The smallest absolute Gasteiger partial charge is 0.244 e. The average molecular weight is 1240 g/mol. The van der Waals surface area contributed by atoms with E-state index in [1.807, 2.05) is 29.2 Å². The van der Waals surface area contributed by atoms with Crippen molar-refractivity contribution in [3.8, 4) is 5.75 Å². The van der Waals surface area contributed by atoms with Crippen molar-refractivity contribution in [2.45, 2.75) is 113 Å². The molecule has 0 bridgehead atoms. The molecule has 0 aliphatic carbocycles. The number of nitrogens with one attached hydrogen (secondary N) is 9. The molecule has 4 aromatic rings. The minimum Gasteiger partial charge on any atom is -0.508 e. The number of unbranched alkanes of at least 4 members (excludes halogenated alkanes) is 1. The van der Waals surface area contributed by atoms with Crippen LogP contribution in [0.3, 0.4) is 0 Å². The van der Waals surface area contributed by atoms with Crippen LogP contribution in [-0.2, 0) is 62.4 Å². The number of fused-ring (bicyclic) bond motifs is 1. The summed E-state index contributed by atoms with van der Waals surface area (Å²) >= 11 is 0. The number of piperazine rings is 1. The molecule has 9 amide bonds. The van der Waals surface area contributed by atoms with Gasteiger partial charge in [-0.2, -0.15) is 0 Å². The highest BCUT2D eigenvalue weighted by Crippen LogP contribution is 2.25. The van der Waals surface area contributed by atoms with Crippen LogP contribution < -0.4 is 54.0 Å². The van der Waals surface area contributed by atoms with Crippen LogP contribution in [0.5, 0.6) is 5.75 Å². The van der Waals surface area contributed by atoms with Gasteiger partial charge in [0.2, 0.25) is 53.2 Å². The molecule has 6 rings (SSSR count). The number of carbonyl (C=O) groups excluding carboxylic acids is 9. The highest BCUT2D eigenvalue weighted by Gasteiger charge is 2.36. The number of aliphatic hydroxyl groups excluding tert-OH is 2. The molecule has 0 radical (unpaired) electrons. The molecule has 16 N–H and O–H groups in total. The van der Waals surface area contributed by atoms with E-state index in [0.29, 0.717) is 62.3 Å². The monoisotopic (exact) mass is 1240 g/mol. The summed E-state index contributed by atoms with van der Waals surface area (Å²) in [5.41, 5.74) is 13.9. The van der Waals surface area contributed by atoms with Crippen molar-refractivity contribution in [1.82, 2.24) is 57.3 Å². The summed E-state index contributed by atoms with van der Waals surface area (Å²) in [6.07, 6.45) is 0.824. The number of primary amides is 1. The molecule has 9 atom stereocenters. The number of para-hydroxylation sites is 1. The van der Waals surface area contributed by atoms with Crippen LogP contribution in [0.2, 0.25) is 0 Å². The maximum Gasteiger partial charge on any atom is 0.244 e. The number of β-amino-alcohol motifs (C(OH)–C–C–N with tert-alkyl or cyclic N) is 1. The number of halogens is 1. The van der Waals surface area contributed by atoms with Crippen LogP contribution in [0.4, 0.5) is 0 Å². The van der Waals surface area contributed by atoms with E-state index in [9.17, 15) is 48.9 Å². The number of rotatable bonds is 22. The van der Waals surface area contributed by atoms with E-state index < -0.39 is 108 Å². The summed E-state index contributed by atoms with van der Waals surface area (Å²) in [7, 11) is 1.97. The molecule has 3 heterocycles. The molecule has 2 aliphatic heterocycles. The third-order valence-corrected chi connectivity index (χ3v) is 16.9. The largest absolute Gasteiger partial charge is 0.508 e. The third kappa shape index (κ3) is 21.5. The molecule has 2 aliphatic rings. The zero-order chi connectivity index (χ0) is 60.7. The Morgan fingerprint density at radius 1 is 0.718 bits per heavy atom. The fraction of sp³-hybridized carbons (Fsp3) is 0.491. The van der Waals surface area contributed by atoms with Gasteiger partial charge < -0.3 is 74.3 Å². The van der Waals surface area contributed by atoms with E-state index >= 15 is 9.59 Å². The van der Waals surface area contributed by atoms with Crippen LogP contribution in [0.15, 0.2) is 85.1 Å².